The van der Waals surface area contributed by atoms with Gasteiger partial charge in [-0.25, -0.2) is 0 Å². The molecule has 2 aromatic carbocycles. The summed E-state index contributed by atoms with van der Waals surface area (Å²) in [5.74, 6) is -0.0887. The molecule has 0 spiro atoms. The number of anilines is 1. The third-order valence-corrected chi connectivity index (χ3v) is 3.67. The van der Waals surface area contributed by atoms with Crippen molar-refractivity contribution in [2.24, 2.45) is 0 Å². The summed E-state index contributed by atoms with van der Waals surface area (Å²) in [4.78, 5) is 11.9. The maximum atomic E-state index is 11.9. The van der Waals surface area contributed by atoms with Crippen molar-refractivity contribution in [1.29, 1.82) is 0 Å². The van der Waals surface area contributed by atoms with Crippen molar-refractivity contribution >= 4 is 34.8 Å². The highest BCUT2D eigenvalue weighted by Gasteiger charge is 2.07. The van der Waals surface area contributed by atoms with Gasteiger partial charge in [0.15, 0.2) is 0 Å². The van der Waals surface area contributed by atoms with E-state index >= 15 is 0 Å². The number of benzene rings is 2. The van der Waals surface area contributed by atoms with Gasteiger partial charge in [-0.2, -0.15) is 0 Å². The van der Waals surface area contributed by atoms with E-state index in [0.29, 0.717) is 21.3 Å². The highest BCUT2D eigenvalue weighted by atomic mass is 35.5. The van der Waals surface area contributed by atoms with Crippen LogP contribution < -0.4 is 11.1 Å². The Kier molecular flexibility index (Phi) is 4.94. The van der Waals surface area contributed by atoms with Crippen LogP contribution >= 0.6 is 23.2 Å². The largest absolute Gasteiger partial charge is 0.508 e. The molecule has 4 N–H and O–H groups in total. The van der Waals surface area contributed by atoms with Gasteiger partial charge in [0, 0.05) is 17.8 Å². The van der Waals surface area contributed by atoms with E-state index in [1.807, 2.05) is 0 Å². The lowest BCUT2D eigenvalue weighted by Crippen LogP contribution is -2.24. The van der Waals surface area contributed by atoms with Crippen LogP contribution in [0.3, 0.4) is 0 Å². The van der Waals surface area contributed by atoms with E-state index in [1.165, 1.54) is 6.07 Å². The molecule has 0 saturated heterocycles. The van der Waals surface area contributed by atoms with Crippen LogP contribution in [0.4, 0.5) is 5.69 Å². The van der Waals surface area contributed by atoms with Crippen LogP contribution in [0, 0.1) is 0 Å². The normalized spacial score (nSPS) is 10.4. The molecule has 1 amide bonds. The number of amides is 1. The van der Waals surface area contributed by atoms with Crippen molar-refractivity contribution in [3.63, 3.8) is 0 Å². The van der Waals surface area contributed by atoms with E-state index < -0.39 is 0 Å². The van der Waals surface area contributed by atoms with Gasteiger partial charge >= 0.3 is 0 Å². The molecule has 0 atom stereocenters. The minimum Gasteiger partial charge on any atom is -0.508 e. The molecule has 0 unspecified atom stereocenters. The number of carbonyl (C=O) groups is 1. The highest BCUT2D eigenvalue weighted by Crippen LogP contribution is 2.23. The molecule has 2 rings (SSSR count). The summed E-state index contributed by atoms with van der Waals surface area (Å²) < 4.78 is 0. The van der Waals surface area contributed by atoms with Gasteiger partial charge in [0.1, 0.15) is 5.75 Å². The van der Waals surface area contributed by atoms with Gasteiger partial charge in [-0.1, -0.05) is 29.3 Å². The predicted molar refractivity (Wildman–Crippen MR) is 84.5 cm³/mol. The Morgan fingerprint density at radius 1 is 1.14 bits per heavy atom. The van der Waals surface area contributed by atoms with Gasteiger partial charge in [0.25, 0.3) is 0 Å². The molecule has 110 valence electrons. The van der Waals surface area contributed by atoms with Crippen LogP contribution in [0.25, 0.3) is 0 Å². The summed E-state index contributed by atoms with van der Waals surface area (Å²) in [6, 6.07) is 9.75. The number of rotatable bonds is 4. The van der Waals surface area contributed by atoms with Gasteiger partial charge in [-0.05, 0) is 35.9 Å². The monoisotopic (exact) mass is 324 g/mol. The van der Waals surface area contributed by atoms with E-state index in [4.69, 9.17) is 28.9 Å². The maximum absolute atomic E-state index is 11.9. The summed E-state index contributed by atoms with van der Waals surface area (Å²) in [7, 11) is 0. The lowest BCUT2D eigenvalue weighted by molar-refractivity contribution is -0.120. The molecule has 0 bridgehead atoms. The van der Waals surface area contributed by atoms with Gasteiger partial charge in [0.05, 0.1) is 16.5 Å². The van der Waals surface area contributed by atoms with Crippen LogP contribution in [0.15, 0.2) is 36.4 Å². The van der Waals surface area contributed by atoms with Crippen molar-refractivity contribution in [3.05, 3.63) is 57.6 Å². The van der Waals surface area contributed by atoms with Crippen LogP contribution in [0.5, 0.6) is 5.75 Å². The number of halogens is 2. The molecule has 21 heavy (non-hydrogen) atoms. The molecule has 0 aliphatic heterocycles. The summed E-state index contributed by atoms with van der Waals surface area (Å²) >= 11 is 11.7. The van der Waals surface area contributed by atoms with Crippen molar-refractivity contribution in [3.8, 4) is 5.75 Å². The van der Waals surface area contributed by atoms with Crippen molar-refractivity contribution in [1.82, 2.24) is 5.32 Å². The predicted octanol–water partition coefficient (Wildman–Crippen LogP) is 3.14. The number of aromatic hydroxyl groups is 1. The third kappa shape index (κ3) is 4.28. The van der Waals surface area contributed by atoms with E-state index in [9.17, 15) is 9.90 Å². The topological polar surface area (TPSA) is 75.3 Å². The number of hydrogen-bond acceptors (Lipinski definition) is 3. The number of nitrogen functional groups attached to an aromatic ring is 1. The zero-order valence-electron chi connectivity index (χ0n) is 11.1. The lowest BCUT2D eigenvalue weighted by atomic mass is 10.1. The molecule has 2 aromatic rings. The number of phenolic OH excluding ortho intramolecular Hbond substituents is 1. The quantitative estimate of drug-likeness (QED) is 0.597. The average molecular weight is 325 g/mol. The van der Waals surface area contributed by atoms with E-state index in [0.717, 1.165) is 5.56 Å². The van der Waals surface area contributed by atoms with Gasteiger partial charge in [-0.15, -0.1) is 0 Å². The first-order valence-electron chi connectivity index (χ1n) is 6.23. The summed E-state index contributed by atoms with van der Waals surface area (Å²) in [5.41, 5.74) is 7.50. The SMILES string of the molecule is Nc1ccc(O)c(CNC(=O)Cc2ccc(Cl)c(Cl)c2)c1. The highest BCUT2D eigenvalue weighted by molar-refractivity contribution is 6.42. The first-order valence-corrected chi connectivity index (χ1v) is 6.99. The first-order chi connectivity index (χ1) is 9.95. The van der Waals surface area contributed by atoms with Crippen LogP contribution in [0.2, 0.25) is 10.0 Å². The fourth-order valence-corrected chi connectivity index (χ4v) is 2.16. The van der Waals surface area contributed by atoms with Gasteiger partial charge in [0.2, 0.25) is 5.91 Å². The Morgan fingerprint density at radius 2 is 1.90 bits per heavy atom. The third-order valence-electron chi connectivity index (χ3n) is 2.93. The number of hydrogen-bond donors (Lipinski definition) is 3. The minimum atomic E-state index is -0.185. The van der Waals surface area contributed by atoms with Crippen LogP contribution in [-0.4, -0.2) is 11.0 Å². The van der Waals surface area contributed by atoms with E-state index in [2.05, 4.69) is 5.32 Å². The number of carbonyl (C=O) groups excluding carboxylic acids is 1. The fraction of sp³-hybridized carbons (Fsp3) is 0.133. The fourth-order valence-electron chi connectivity index (χ4n) is 1.84. The molecule has 0 radical (unpaired) electrons. The average Bonchev–Trinajstić information content (AvgIpc) is 2.44. The standard InChI is InChI=1S/C15H14Cl2N2O2/c16-12-3-1-9(5-13(12)17)6-15(21)19-8-10-7-11(18)2-4-14(10)20/h1-5,7,20H,6,8,18H2,(H,19,21). The zero-order valence-corrected chi connectivity index (χ0v) is 12.6. The molecule has 0 saturated carbocycles. The molecule has 0 aromatic heterocycles. The molecular weight excluding hydrogens is 311 g/mol. The van der Waals surface area contributed by atoms with Gasteiger partial charge in [-0.3, -0.25) is 4.79 Å². The Labute approximate surface area is 132 Å². The summed E-state index contributed by atoms with van der Waals surface area (Å²) in [5, 5.41) is 13.2. The lowest BCUT2D eigenvalue weighted by Gasteiger charge is -2.08. The molecular formula is C15H14Cl2N2O2. The molecule has 0 fully saturated rings. The first kappa shape index (κ1) is 15.5. The second-order valence-corrected chi connectivity index (χ2v) is 5.40. The summed E-state index contributed by atoms with van der Waals surface area (Å²) in [6.45, 7) is 0.205. The van der Waals surface area contributed by atoms with E-state index in [-0.39, 0.29) is 24.6 Å². The smallest absolute Gasteiger partial charge is 0.224 e. The second-order valence-electron chi connectivity index (χ2n) is 4.59. The Bertz CT molecular complexity index is 675. The zero-order chi connectivity index (χ0) is 15.4. The van der Waals surface area contributed by atoms with Crippen LogP contribution in [0.1, 0.15) is 11.1 Å². The Balaban J connectivity index is 1.95. The maximum Gasteiger partial charge on any atom is 0.224 e. The molecule has 0 heterocycles. The minimum absolute atomic E-state index is 0.0963. The van der Waals surface area contributed by atoms with Crippen molar-refractivity contribution < 1.29 is 9.90 Å². The van der Waals surface area contributed by atoms with Crippen molar-refractivity contribution in [2.45, 2.75) is 13.0 Å². The number of phenols is 1. The Hall–Kier alpha value is -1.91. The number of nitrogens with two attached hydrogens (primary N) is 1. The molecule has 4 nitrogen and oxygen atoms in total. The van der Waals surface area contributed by atoms with Gasteiger partial charge < -0.3 is 16.2 Å². The van der Waals surface area contributed by atoms with Crippen LogP contribution in [-0.2, 0) is 17.8 Å². The van der Waals surface area contributed by atoms with Crippen molar-refractivity contribution in [2.75, 3.05) is 5.73 Å². The van der Waals surface area contributed by atoms with E-state index in [1.54, 1.807) is 30.3 Å². The second kappa shape index (κ2) is 6.70. The summed E-state index contributed by atoms with van der Waals surface area (Å²) in [6.07, 6.45) is 0.181. The molecule has 0 aliphatic carbocycles. The molecule has 6 heteroatoms. The number of nitrogens with one attached hydrogen (secondary N) is 1. The Morgan fingerprint density at radius 3 is 2.62 bits per heavy atom. The molecule has 0 aliphatic rings.